The standard InChI is InChI=1S/C21H38O9/c1-2-4-29-21(3-1)20-17-19(18-30-21)27-15-13-25-11-9-23-7-5-22-6-8-24-10-12-26-14-16-28-20/h19-20H,1-18H2/t19-,20+,21+/m1/s1. The summed E-state index contributed by atoms with van der Waals surface area (Å²) in [6.45, 7) is 7.58. The SMILES string of the molecule is C1CC[C@]2(OC1)OC[C@H]1C[C@@H]2OCCOCCOCCOCCOCCOCCO1. The topological polar surface area (TPSA) is 83.1 Å². The summed E-state index contributed by atoms with van der Waals surface area (Å²) in [6, 6.07) is 0. The van der Waals surface area contributed by atoms with Crippen LogP contribution in [0.15, 0.2) is 0 Å². The number of fused-ring (bicyclic) bond motifs is 3. The fourth-order valence-electron chi connectivity index (χ4n) is 3.79. The molecular weight excluding hydrogens is 396 g/mol. The molecule has 3 atom stereocenters. The second-order valence-electron chi connectivity index (χ2n) is 7.58. The van der Waals surface area contributed by atoms with E-state index in [4.69, 9.17) is 42.6 Å². The van der Waals surface area contributed by atoms with E-state index in [1.807, 2.05) is 0 Å². The average molecular weight is 435 g/mol. The molecule has 3 aliphatic heterocycles. The van der Waals surface area contributed by atoms with Crippen LogP contribution in [0.1, 0.15) is 25.7 Å². The third-order valence-electron chi connectivity index (χ3n) is 5.36. The molecule has 0 radical (unpaired) electrons. The van der Waals surface area contributed by atoms with Gasteiger partial charge in [-0.3, -0.25) is 0 Å². The number of hydrogen-bond donors (Lipinski definition) is 0. The Balaban J connectivity index is 1.44. The van der Waals surface area contributed by atoms with E-state index in [1.54, 1.807) is 0 Å². The van der Waals surface area contributed by atoms with Crippen LogP contribution >= 0.6 is 0 Å². The molecule has 9 heteroatoms. The molecule has 3 rings (SSSR count). The van der Waals surface area contributed by atoms with Gasteiger partial charge in [-0.15, -0.1) is 0 Å². The minimum absolute atomic E-state index is 0.0321. The molecular formula is C21H38O9. The summed E-state index contributed by atoms with van der Waals surface area (Å²) in [5.74, 6) is -0.650. The van der Waals surface area contributed by atoms with Gasteiger partial charge in [-0.1, -0.05) is 0 Å². The first kappa shape index (κ1) is 24.3. The molecule has 0 aromatic heterocycles. The molecule has 176 valence electrons. The van der Waals surface area contributed by atoms with Crippen LogP contribution in [0.3, 0.4) is 0 Å². The normalized spacial score (nSPS) is 35.2. The Morgan fingerprint density at radius 3 is 1.57 bits per heavy atom. The molecule has 3 saturated heterocycles. The lowest BCUT2D eigenvalue weighted by atomic mass is 9.93. The van der Waals surface area contributed by atoms with Crippen molar-refractivity contribution in [3.05, 3.63) is 0 Å². The summed E-state index contributed by atoms with van der Waals surface area (Å²) in [6.07, 6.45) is 3.54. The van der Waals surface area contributed by atoms with Crippen LogP contribution in [0.5, 0.6) is 0 Å². The van der Waals surface area contributed by atoms with Gasteiger partial charge in [-0.2, -0.15) is 0 Å². The van der Waals surface area contributed by atoms with Crippen LogP contribution in [0.4, 0.5) is 0 Å². The fraction of sp³-hybridized carbons (Fsp3) is 1.00. The lowest BCUT2D eigenvalue weighted by Crippen LogP contribution is -2.57. The molecule has 3 aliphatic rings. The fourth-order valence-corrected chi connectivity index (χ4v) is 3.79. The number of rotatable bonds is 0. The molecule has 0 unspecified atom stereocenters. The molecule has 0 aliphatic carbocycles. The molecule has 3 fully saturated rings. The highest BCUT2D eigenvalue weighted by atomic mass is 16.7. The van der Waals surface area contributed by atoms with Crippen molar-refractivity contribution in [3.63, 3.8) is 0 Å². The number of hydrogen-bond acceptors (Lipinski definition) is 9. The van der Waals surface area contributed by atoms with Crippen molar-refractivity contribution >= 4 is 0 Å². The maximum Gasteiger partial charge on any atom is 0.194 e. The minimum atomic E-state index is -0.650. The third-order valence-corrected chi connectivity index (χ3v) is 5.36. The van der Waals surface area contributed by atoms with Crippen molar-refractivity contribution in [3.8, 4) is 0 Å². The zero-order chi connectivity index (χ0) is 20.7. The van der Waals surface area contributed by atoms with Gasteiger partial charge in [0.2, 0.25) is 0 Å². The Bertz CT molecular complexity index is 431. The molecule has 0 saturated carbocycles. The van der Waals surface area contributed by atoms with Gasteiger partial charge in [-0.25, -0.2) is 0 Å². The molecule has 9 nitrogen and oxygen atoms in total. The van der Waals surface area contributed by atoms with Crippen molar-refractivity contribution in [1.29, 1.82) is 0 Å². The van der Waals surface area contributed by atoms with Gasteiger partial charge >= 0.3 is 0 Å². The van der Waals surface area contributed by atoms with Crippen LogP contribution < -0.4 is 0 Å². The van der Waals surface area contributed by atoms with Gasteiger partial charge in [0.15, 0.2) is 5.79 Å². The third kappa shape index (κ3) is 8.64. The van der Waals surface area contributed by atoms with Gasteiger partial charge in [0, 0.05) is 12.8 Å². The lowest BCUT2D eigenvalue weighted by Gasteiger charge is -2.47. The highest BCUT2D eigenvalue weighted by Crippen LogP contribution is 2.37. The van der Waals surface area contributed by atoms with Crippen molar-refractivity contribution in [1.82, 2.24) is 0 Å². The van der Waals surface area contributed by atoms with Crippen molar-refractivity contribution in [2.75, 3.05) is 92.5 Å². The van der Waals surface area contributed by atoms with Gasteiger partial charge in [0.05, 0.1) is 98.6 Å². The molecule has 1 spiro atoms. The maximum atomic E-state index is 6.17. The van der Waals surface area contributed by atoms with Crippen LogP contribution in [0.25, 0.3) is 0 Å². The Labute approximate surface area is 179 Å². The average Bonchev–Trinajstić information content (AvgIpc) is 2.77. The van der Waals surface area contributed by atoms with Gasteiger partial charge < -0.3 is 42.6 Å². The van der Waals surface area contributed by atoms with Crippen LogP contribution in [0, 0.1) is 0 Å². The molecule has 0 amide bonds. The van der Waals surface area contributed by atoms with E-state index in [0.29, 0.717) is 92.5 Å². The lowest BCUT2D eigenvalue weighted by molar-refractivity contribution is -0.338. The van der Waals surface area contributed by atoms with Crippen LogP contribution in [-0.2, 0) is 42.6 Å². The predicted molar refractivity (Wildman–Crippen MR) is 107 cm³/mol. The summed E-state index contributed by atoms with van der Waals surface area (Å²) < 4.78 is 52.0. The van der Waals surface area contributed by atoms with E-state index in [0.717, 1.165) is 25.7 Å². The zero-order valence-electron chi connectivity index (χ0n) is 18.1. The molecule has 3 heterocycles. The predicted octanol–water partition coefficient (Wildman–Crippen LogP) is 1.17. The Morgan fingerprint density at radius 1 is 0.500 bits per heavy atom. The van der Waals surface area contributed by atoms with E-state index in [2.05, 4.69) is 0 Å². The summed E-state index contributed by atoms with van der Waals surface area (Å²) in [4.78, 5) is 0. The molecule has 0 N–H and O–H groups in total. The first-order valence-corrected chi connectivity index (χ1v) is 11.3. The largest absolute Gasteiger partial charge is 0.377 e. The van der Waals surface area contributed by atoms with Gasteiger partial charge in [0.25, 0.3) is 0 Å². The second-order valence-corrected chi connectivity index (χ2v) is 7.58. The van der Waals surface area contributed by atoms with E-state index >= 15 is 0 Å². The van der Waals surface area contributed by atoms with Gasteiger partial charge in [0.1, 0.15) is 6.10 Å². The zero-order valence-corrected chi connectivity index (χ0v) is 18.1. The van der Waals surface area contributed by atoms with Crippen molar-refractivity contribution in [2.45, 2.75) is 43.7 Å². The summed E-state index contributed by atoms with van der Waals surface area (Å²) >= 11 is 0. The first-order chi connectivity index (χ1) is 14.9. The molecule has 2 bridgehead atoms. The molecule has 0 aromatic carbocycles. The summed E-state index contributed by atoms with van der Waals surface area (Å²) in [7, 11) is 0. The Hall–Kier alpha value is -0.360. The smallest absolute Gasteiger partial charge is 0.194 e. The van der Waals surface area contributed by atoms with E-state index in [1.165, 1.54) is 0 Å². The van der Waals surface area contributed by atoms with Crippen molar-refractivity contribution < 1.29 is 42.6 Å². The summed E-state index contributed by atoms with van der Waals surface area (Å²) in [5.41, 5.74) is 0. The minimum Gasteiger partial charge on any atom is -0.377 e. The first-order valence-electron chi connectivity index (χ1n) is 11.3. The second kappa shape index (κ2) is 14.7. The van der Waals surface area contributed by atoms with Crippen LogP contribution in [-0.4, -0.2) is 110 Å². The van der Waals surface area contributed by atoms with Gasteiger partial charge in [-0.05, 0) is 12.8 Å². The highest BCUT2D eigenvalue weighted by Gasteiger charge is 2.48. The summed E-state index contributed by atoms with van der Waals surface area (Å²) in [5, 5.41) is 0. The van der Waals surface area contributed by atoms with Crippen LogP contribution in [0.2, 0.25) is 0 Å². The van der Waals surface area contributed by atoms with E-state index < -0.39 is 5.79 Å². The number of ether oxygens (including phenoxy) is 9. The molecule has 0 aromatic rings. The highest BCUT2D eigenvalue weighted by molar-refractivity contribution is 4.90. The van der Waals surface area contributed by atoms with E-state index in [-0.39, 0.29) is 12.2 Å². The molecule has 30 heavy (non-hydrogen) atoms. The Kier molecular flexibility index (Phi) is 11.9. The monoisotopic (exact) mass is 434 g/mol. The maximum absolute atomic E-state index is 6.17. The quantitative estimate of drug-likeness (QED) is 0.558. The van der Waals surface area contributed by atoms with Crippen molar-refractivity contribution in [2.24, 2.45) is 0 Å². The van der Waals surface area contributed by atoms with E-state index in [9.17, 15) is 0 Å². The Morgan fingerprint density at radius 2 is 1.03 bits per heavy atom.